The monoisotopic (exact) mass is 223 g/mol. The maximum Gasteiger partial charge on any atom is 0.280 e. The van der Waals surface area contributed by atoms with Gasteiger partial charge in [-0.3, -0.25) is 4.79 Å². The number of hydrogen-bond acceptors (Lipinski definition) is 6. The zero-order valence-electron chi connectivity index (χ0n) is 7.76. The summed E-state index contributed by atoms with van der Waals surface area (Å²) in [4.78, 5) is 10.9. The van der Waals surface area contributed by atoms with Gasteiger partial charge in [0.1, 0.15) is 6.04 Å². The molecule has 3 N–H and O–H groups in total. The number of hydroxylamine groups is 2. The second-order valence-corrected chi connectivity index (χ2v) is 4.60. The quantitative estimate of drug-likeness (QED) is 0.555. The van der Waals surface area contributed by atoms with Crippen molar-refractivity contribution in [1.29, 1.82) is 0 Å². The van der Waals surface area contributed by atoms with Gasteiger partial charge >= 0.3 is 0 Å². The molecule has 0 aromatic heterocycles. The molecule has 1 rings (SSSR count). The fourth-order valence-corrected chi connectivity index (χ4v) is 1.72. The molecule has 1 aliphatic heterocycles. The minimum absolute atomic E-state index is 0.296. The van der Waals surface area contributed by atoms with Crippen LogP contribution in [-0.2, 0) is 19.2 Å². The van der Waals surface area contributed by atoms with E-state index in [-0.39, 0.29) is 0 Å². The number of amides is 1. The lowest BCUT2D eigenvalue weighted by atomic mass is 10.2. The SMILES string of the molecule is CS(=O)(=O)ON1CCNCC1C(N)=O. The van der Waals surface area contributed by atoms with Crippen LogP contribution in [0.4, 0.5) is 0 Å². The summed E-state index contributed by atoms with van der Waals surface area (Å²) in [5.41, 5.74) is 5.08. The van der Waals surface area contributed by atoms with Gasteiger partial charge in [-0.05, 0) is 0 Å². The van der Waals surface area contributed by atoms with Crippen LogP contribution >= 0.6 is 0 Å². The summed E-state index contributed by atoms with van der Waals surface area (Å²) in [6.45, 7) is 1.16. The minimum atomic E-state index is -3.60. The molecule has 0 aromatic rings. The number of rotatable bonds is 3. The maximum absolute atomic E-state index is 10.9. The van der Waals surface area contributed by atoms with Crippen molar-refractivity contribution in [1.82, 2.24) is 10.4 Å². The third kappa shape index (κ3) is 3.22. The molecule has 0 aromatic carbocycles. The predicted octanol–water partition coefficient (Wildman–Crippen LogP) is -2.36. The van der Waals surface area contributed by atoms with Gasteiger partial charge in [0.15, 0.2) is 0 Å². The molecule has 1 amide bonds. The number of nitrogens with one attached hydrogen (secondary N) is 1. The molecule has 7 nitrogen and oxygen atoms in total. The number of piperazine rings is 1. The van der Waals surface area contributed by atoms with Gasteiger partial charge in [-0.1, -0.05) is 0 Å². The van der Waals surface area contributed by atoms with Crippen molar-refractivity contribution >= 4 is 16.0 Å². The van der Waals surface area contributed by atoms with E-state index in [0.717, 1.165) is 11.3 Å². The Hall–Kier alpha value is -0.700. The Morgan fingerprint density at radius 2 is 2.29 bits per heavy atom. The molecule has 0 spiro atoms. The molecule has 1 atom stereocenters. The van der Waals surface area contributed by atoms with E-state index in [1.54, 1.807) is 0 Å². The van der Waals surface area contributed by atoms with Gasteiger partial charge in [-0.25, -0.2) is 0 Å². The summed E-state index contributed by atoms with van der Waals surface area (Å²) in [6, 6.07) is -0.738. The highest BCUT2D eigenvalue weighted by Crippen LogP contribution is 2.06. The normalized spacial score (nSPS) is 24.8. The summed E-state index contributed by atoms with van der Waals surface area (Å²) in [5.74, 6) is -0.610. The molecule has 1 unspecified atom stereocenters. The highest BCUT2D eigenvalue weighted by Gasteiger charge is 2.30. The second kappa shape index (κ2) is 4.22. The zero-order valence-corrected chi connectivity index (χ0v) is 8.58. The average Bonchev–Trinajstić information content (AvgIpc) is 2.01. The second-order valence-electron chi connectivity index (χ2n) is 3.04. The van der Waals surface area contributed by atoms with Gasteiger partial charge in [-0.15, -0.1) is 0 Å². The van der Waals surface area contributed by atoms with E-state index < -0.39 is 22.1 Å². The smallest absolute Gasteiger partial charge is 0.280 e. The van der Waals surface area contributed by atoms with Crippen molar-refractivity contribution in [3.63, 3.8) is 0 Å². The molecule has 0 bridgehead atoms. The lowest BCUT2D eigenvalue weighted by Crippen LogP contribution is -2.57. The van der Waals surface area contributed by atoms with E-state index in [9.17, 15) is 13.2 Å². The van der Waals surface area contributed by atoms with Crippen LogP contribution in [0.1, 0.15) is 0 Å². The van der Waals surface area contributed by atoms with E-state index in [1.807, 2.05) is 0 Å². The molecule has 82 valence electrons. The Morgan fingerprint density at radius 3 is 2.79 bits per heavy atom. The molecule has 1 fully saturated rings. The van der Waals surface area contributed by atoms with Crippen molar-refractivity contribution in [2.45, 2.75) is 6.04 Å². The first-order valence-corrected chi connectivity index (χ1v) is 5.88. The Balaban J connectivity index is 2.68. The molecule has 14 heavy (non-hydrogen) atoms. The van der Waals surface area contributed by atoms with Crippen molar-refractivity contribution < 1.29 is 17.5 Å². The largest absolute Gasteiger partial charge is 0.368 e. The van der Waals surface area contributed by atoms with E-state index in [1.165, 1.54) is 0 Å². The molecule has 8 heteroatoms. The lowest BCUT2D eigenvalue weighted by Gasteiger charge is -2.31. The van der Waals surface area contributed by atoms with Crippen LogP contribution in [0.3, 0.4) is 0 Å². The van der Waals surface area contributed by atoms with Crippen molar-refractivity contribution in [2.75, 3.05) is 25.9 Å². The summed E-state index contributed by atoms with van der Waals surface area (Å²) in [6.07, 6.45) is 0.924. The lowest BCUT2D eigenvalue weighted by molar-refractivity contribution is -0.143. The fraction of sp³-hybridized carbons (Fsp3) is 0.833. The Kier molecular flexibility index (Phi) is 3.43. The van der Waals surface area contributed by atoms with Gasteiger partial charge in [0.25, 0.3) is 10.1 Å². The molecule has 0 aliphatic carbocycles. The highest BCUT2D eigenvalue weighted by molar-refractivity contribution is 7.85. The molecule has 0 radical (unpaired) electrons. The number of hydrogen-bond donors (Lipinski definition) is 2. The van der Waals surface area contributed by atoms with Crippen molar-refractivity contribution in [3.05, 3.63) is 0 Å². The molecular formula is C6H13N3O4S. The van der Waals surface area contributed by atoms with Gasteiger partial charge in [-0.2, -0.15) is 17.8 Å². The third-order valence-corrected chi connectivity index (χ3v) is 2.22. The standard InChI is InChI=1S/C6H13N3O4S/c1-14(11,12)13-9-3-2-8-4-5(9)6(7)10/h5,8H,2-4H2,1H3,(H2,7,10). The zero-order chi connectivity index (χ0) is 10.8. The van der Waals surface area contributed by atoms with Gasteiger partial charge in [0.2, 0.25) is 5.91 Å². The predicted molar refractivity (Wildman–Crippen MR) is 48.5 cm³/mol. The Bertz CT molecular complexity index is 315. The average molecular weight is 223 g/mol. The first-order chi connectivity index (χ1) is 6.40. The van der Waals surface area contributed by atoms with Crippen LogP contribution in [-0.4, -0.2) is 51.3 Å². The van der Waals surface area contributed by atoms with Crippen LogP contribution in [0.5, 0.6) is 0 Å². The number of carbonyl (C=O) groups excluding carboxylic acids is 1. The minimum Gasteiger partial charge on any atom is -0.368 e. The first kappa shape index (κ1) is 11.4. The summed E-state index contributed by atoms with van der Waals surface area (Å²) in [7, 11) is -3.60. The molecule has 1 heterocycles. The number of primary amides is 1. The first-order valence-electron chi connectivity index (χ1n) is 4.06. The van der Waals surface area contributed by atoms with Crippen LogP contribution in [0, 0.1) is 0 Å². The van der Waals surface area contributed by atoms with Crippen LogP contribution in [0.2, 0.25) is 0 Å². The molecular weight excluding hydrogens is 210 g/mol. The van der Waals surface area contributed by atoms with E-state index >= 15 is 0 Å². The number of carbonyl (C=O) groups is 1. The van der Waals surface area contributed by atoms with Crippen LogP contribution in [0.15, 0.2) is 0 Å². The molecule has 1 aliphatic rings. The third-order valence-electron chi connectivity index (χ3n) is 1.75. The topological polar surface area (TPSA) is 102 Å². The van der Waals surface area contributed by atoms with Crippen LogP contribution < -0.4 is 11.1 Å². The van der Waals surface area contributed by atoms with Gasteiger partial charge in [0, 0.05) is 19.6 Å². The van der Waals surface area contributed by atoms with Gasteiger partial charge in [0.05, 0.1) is 6.26 Å². The summed E-state index contributed by atoms with van der Waals surface area (Å²) < 4.78 is 26.3. The van der Waals surface area contributed by atoms with E-state index in [4.69, 9.17) is 5.73 Å². The Morgan fingerprint density at radius 1 is 1.64 bits per heavy atom. The van der Waals surface area contributed by atoms with Crippen LogP contribution in [0.25, 0.3) is 0 Å². The number of nitrogens with zero attached hydrogens (tertiary/aromatic N) is 1. The number of nitrogens with two attached hydrogens (primary N) is 1. The van der Waals surface area contributed by atoms with E-state index in [0.29, 0.717) is 19.6 Å². The summed E-state index contributed by atoms with van der Waals surface area (Å²) in [5, 5.41) is 4.01. The van der Waals surface area contributed by atoms with Gasteiger partial charge < -0.3 is 11.1 Å². The highest BCUT2D eigenvalue weighted by atomic mass is 32.2. The summed E-state index contributed by atoms with van der Waals surface area (Å²) >= 11 is 0. The molecule has 0 saturated carbocycles. The maximum atomic E-state index is 10.9. The van der Waals surface area contributed by atoms with Crippen molar-refractivity contribution in [3.8, 4) is 0 Å². The van der Waals surface area contributed by atoms with E-state index in [2.05, 4.69) is 9.60 Å². The fourth-order valence-electron chi connectivity index (χ4n) is 1.19. The Labute approximate surface area is 82.3 Å². The van der Waals surface area contributed by atoms with Crippen molar-refractivity contribution in [2.24, 2.45) is 5.73 Å². The molecule has 1 saturated heterocycles.